The van der Waals surface area contributed by atoms with E-state index in [1.807, 2.05) is 0 Å². The van der Waals surface area contributed by atoms with Crippen LogP contribution in [0.25, 0.3) is 0 Å². The van der Waals surface area contributed by atoms with Crippen molar-refractivity contribution in [3.05, 3.63) is 0 Å². The molecule has 13 nitrogen and oxygen atoms in total. The Morgan fingerprint density at radius 1 is 0.806 bits per heavy atom. The van der Waals surface area contributed by atoms with E-state index in [-0.39, 0.29) is 88.0 Å². The molecule has 0 spiro atoms. The minimum Gasteiger partial charge on any atom is -0.742 e. The van der Waals surface area contributed by atoms with Crippen molar-refractivity contribution in [2.24, 2.45) is 0 Å². The van der Waals surface area contributed by atoms with Crippen LogP contribution in [-0.4, -0.2) is 116 Å². The van der Waals surface area contributed by atoms with Gasteiger partial charge in [0.2, 0.25) is 0 Å². The van der Waals surface area contributed by atoms with Crippen molar-refractivity contribution in [2.45, 2.75) is 26.1 Å². The largest absolute Gasteiger partial charge is 1.00 e. The molecule has 0 aromatic carbocycles. The standard InChI is InChI=1S/C9H16O5S.C8H16O7S.C2H4OS.K/c1-7(10)15-5-4-14-6-8(12-2)9(11)13-3;1-12-7(8(9)13-2)6-14-4-5-15-16(3,10)11;1-2(3)4;/h8H,4-6H2,1-3H3;7H,4-6H2,1-3H3;1H3,(H,3,4);/q;;;+1/p-1. The summed E-state index contributed by atoms with van der Waals surface area (Å²) >= 11 is 5.17. The van der Waals surface area contributed by atoms with E-state index in [4.69, 9.17) is 18.9 Å². The third-order valence-electron chi connectivity index (χ3n) is 3.09. The second-order valence-corrected chi connectivity index (χ2v) is 9.49. The number of hydrogen-bond donors (Lipinski definition) is 0. The van der Waals surface area contributed by atoms with Crippen molar-refractivity contribution in [3.8, 4) is 0 Å². The molecule has 0 amide bonds. The number of thioether (sulfide) groups is 1. The van der Waals surface area contributed by atoms with Crippen molar-refractivity contribution in [3.63, 3.8) is 0 Å². The predicted octanol–water partition coefficient (Wildman–Crippen LogP) is -3.28. The molecular formula is C19H35KO13S3. The summed E-state index contributed by atoms with van der Waals surface area (Å²) in [5, 5.41) is -0.199. The molecule has 0 aliphatic carbocycles. The fraction of sp³-hybridized carbons (Fsp3) is 0.789. The molecule has 0 bridgehead atoms. The second-order valence-electron chi connectivity index (χ2n) is 6.00. The zero-order valence-electron chi connectivity index (χ0n) is 21.9. The van der Waals surface area contributed by atoms with Crippen LogP contribution in [0.4, 0.5) is 0 Å². The zero-order chi connectivity index (χ0) is 27.9. The van der Waals surface area contributed by atoms with Crippen LogP contribution in [0.2, 0.25) is 0 Å². The van der Waals surface area contributed by atoms with Crippen LogP contribution >= 0.6 is 11.8 Å². The Morgan fingerprint density at radius 2 is 1.19 bits per heavy atom. The topological polar surface area (TPSA) is 167 Å². The molecule has 0 aliphatic heterocycles. The van der Waals surface area contributed by atoms with Crippen LogP contribution in [0.1, 0.15) is 13.8 Å². The molecule has 0 fully saturated rings. The fourth-order valence-electron chi connectivity index (χ4n) is 1.60. The van der Waals surface area contributed by atoms with Gasteiger partial charge in [-0.25, -0.2) is 9.59 Å². The summed E-state index contributed by atoms with van der Waals surface area (Å²) in [4.78, 5) is 41.9. The number of ether oxygens (including phenoxy) is 6. The van der Waals surface area contributed by atoms with Gasteiger partial charge < -0.3 is 45.8 Å². The Hall–Kier alpha value is 0.236. The number of carbonyl (C=O) groups is 4. The van der Waals surface area contributed by atoms with Crippen LogP contribution in [0.15, 0.2) is 0 Å². The number of carbonyl (C=O) groups excluding carboxylic acids is 4. The fourth-order valence-corrected chi connectivity index (χ4v) is 2.46. The molecule has 0 aromatic rings. The zero-order valence-corrected chi connectivity index (χ0v) is 27.5. The molecule has 0 radical (unpaired) electrons. The molecule has 0 aromatic heterocycles. The van der Waals surface area contributed by atoms with E-state index >= 15 is 0 Å². The van der Waals surface area contributed by atoms with Gasteiger partial charge in [0.15, 0.2) is 17.3 Å². The molecule has 2 unspecified atom stereocenters. The van der Waals surface area contributed by atoms with Crippen molar-refractivity contribution < 1.29 is 112 Å². The molecule has 0 N–H and O–H groups in total. The summed E-state index contributed by atoms with van der Waals surface area (Å²) in [6.07, 6.45) is -0.570. The van der Waals surface area contributed by atoms with E-state index in [1.54, 1.807) is 0 Å². The normalized spacial score (nSPS) is 11.8. The van der Waals surface area contributed by atoms with Crippen molar-refractivity contribution in [1.82, 2.24) is 0 Å². The maximum absolute atomic E-state index is 11.0. The second kappa shape index (κ2) is 28.2. The van der Waals surface area contributed by atoms with Gasteiger partial charge in [0, 0.05) is 32.0 Å². The van der Waals surface area contributed by atoms with Gasteiger partial charge in [-0.1, -0.05) is 11.8 Å². The number of rotatable bonds is 15. The van der Waals surface area contributed by atoms with Gasteiger partial charge in [-0.3, -0.25) is 8.98 Å². The van der Waals surface area contributed by atoms with Crippen LogP contribution in [0.5, 0.6) is 0 Å². The van der Waals surface area contributed by atoms with E-state index in [0.717, 1.165) is 6.26 Å². The Kier molecular flexibility index (Phi) is 34.0. The summed E-state index contributed by atoms with van der Waals surface area (Å²) < 4.78 is 54.3. The SMILES string of the molecule is CC(=O)[S-].COC(=O)C(COCCOS(C)(=O)=O)OC.COC(=O)C(COCCSC(C)=O)OC.[K+]. The predicted molar refractivity (Wildman–Crippen MR) is 129 cm³/mol. The van der Waals surface area contributed by atoms with Gasteiger partial charge in [-0.15, -0.1) is 0 Å². The van der Waals surface area contributed by atoms with Crippen LogP contribution in [-0.2, 0) is 74.5 Å². The quantitative estimate of drug-likeness (QED) is 0.0598. The van der Waals surface area contributed by atoms with Gasteiger partial charge in [0.05, 0.1) is 53.5 Å². The van der Waals surface area contributed by atoms with E-state index in [2.05, 4.69) is 26.3 Å². The molecule has 36 heavy (non-hydrogen) atoms. The molecule has 0 aliphatic rings. The first-order valence-electron chi connectivity index (χ1n) is 9.77. The number of methoxy groups -OCH3 is 4. The molecule has 0 rings (SSSR count). The van der Waals surface area contributed by atoms with E-state index in [9.17, 15) is 27.6 Å². The number of hydrogen-bond acceptors (Lipinski definition) is 15. The summed E-state index contributed by atoms with van der Waals surface area (Å²) in [6.45, 7) is 3.31. The van der Waals surface area contributed by atoms with Crippen LogP contribution < -0.4 is 51.4 Å². The maximum atomic E-state index is 11.0. The first-order chi connectivity index (χ1) is 16.2. The Balaban J connectivity index is -0.000000242. The van der Waals surface area contributed by atoms with Gasteiger partial charge >= 0.3 is 63.3 Å². The molecule has 0 heterocycles. The molecular weight excluding hydrogens is 571 g/mol. The average Bonchev–Trinajstić information content (AvgIpc) is 2.76. The molecule has 0 saturated heterocycles. The minimum absolute atomic E-state index is 0. The van der Waals surface area contributed by atoms with Gasteiger partial charge in [0.25, 0.3) is 10.1 Å². The molecule has 17 heteroatoms. The summed E-state index contributed by atoms with van der Waals surface area (Å²) in [5.41, 5.74) is 0. The van der Waals surface area contributed by atoms with Gasteiger partial charge in [0.1, 0.15) is 0 Å². The summed E-state index contributed by atoms with van der Waals surface area (Å²) in [7, 11) is 1.83. The van der Waals surface area contributed by atoms with Gasteiger partial charge in [-0.2, -0.15) is 8.42 Å². The number of esters is 2. The van der Waals surface area contributed by atoms with Crippen LogP contribution in [0.3, 0.4) is 0 Å². The summed E-state index contributed by atoms with van der Waals surface area (Å²) in [6, 6.07) is 0. The monoisotopic (exact) mass is 606 g/mol. The van der Waals surface area contributed by atoms with Crippen LogP contribution in [0, 0.1) is 0 Å². The van der Waals surface area contributed by atoms with E-state index in [1.165, 1.54) is 54.0 Å². The first-order valence-corrected chi connectivity index (χ1v) is 13.0. The third kappa shape index (κ3) is 34.2. The molecule has 0 saturated carbocycles. The van der Waals surface area contributed by atoms with Crippen molar-refractivity contribution >= 4 is 56.7 Å². The Bertz CT molecular complexity index is 701. The molecule has 208 valence electrons. The minimum atomic E-state index is -3.45. The van der Waals surface area contributed by atoms with Crippen molar-refractivity contribution in [1.29, 1.82) is 0 Å². The Morgan fingerprint density at radius 3 is 1.50 bits per heavy atom. The summed E-state index contributed by atoms with van der Waals surface area (Å²) in [5.74, 6) is -0.435. The van der Waals surface area contributed by atoms with E-state index in [0.29, 0.717) is 12.4 Å². The van der Waals surface area contributed by atoms with E-state index < -0.39 is 34.3 Å². The molecule has 2 atom stereocenters. The first kappa shape index (κ1) is 43.3. The Labute approximate surface area is 265 Å². The average molecular weight is 607 g/mol. The van der Waals surface area contributed by atoms with Gasteiger partial charge in [-0.05, 0) is 6.92 Å². The smallest absolute Gasteiger partial charge is 0.742 e. The third-order valence-corrected chi connectivity index (χ3v) is 4.47. The van der Waals surface area contributed by atoms with Crippen molar-refractivity contribution in [2.75, 3.05) is 73.5 Å². The maximum Gasteiger partial charge on any atom is 1.00 e.